The number of carbonyl (C=O) groups is 2. The van der Waals surface area contributed by atoms with Crippen LogP contribution in [0, 0.1) is 5.92 Å². The molecule has 0 spiro atoms. The van der Waals surface area contributed by atoms with Gasteiger partial charge in [0.05, 0.1) is 7.11 Å². The summed E-state index contributed by atoms with van der Waals surface area (Å²) in [5.41, 5.74) is 0. The van der Waals surface area contributed by atoms with Gasteiger partial charge in [0.15, 0.2) is 0 Å². The lowest BCUT2D eigenvalue weighted by molar-refractivity contribution is -0.133. The van der Waals surface area contributed by atoms with Crippen molar-refractivity contribution in [1.82, 2.24) is 15.1 Å². The van der Waals surface area contributed by atoms with Gasteiger partial charge in [-0.2, -0.15) is 0 Å². The molecule has 2 rings (SSSR count). The van der Waals surface area contributed by atoms with Crippen molar-refractivity contribution in [2.75, 3.05) is 46.4 Å². The summed E-state index contributed by atoms with van der Waals surface area (Å²) in [4.78, 5) is 27.0. The van der Waals surface area contributed by atoms with E-state index in [4.69, 9.17) is 0 Å². The molecule has 0 aliphatic carbocycles. The molecular formula is C13H23N3O3. The van der Waals surface area contributed by atoms with E-state index >= 15 is 0 Å². The molecule has 1 atom stereocenters. The number of amides is 2. The van der Waals surface area contributed by atoms with Crippen LogP contribution in [-0.2, 0) is 9.53 Å². The molecule has 0 radical (unpaired) electrons. The van der Waals surface area contributed by atoms with Crippen LogP contribution in [0.5, 0.6) is 0 Å². The van der Waals surface area contributed by atoms with Gasteiger partial charge in [0.1, 0.15) is 0 Å². The van der Waals surface area contributed by atoms with Crippen molar-refractivity contribution in [2.24, 2.45) is 5.92 Å². The predicted octanol–water partition coefficient (Wildman–Crippen LogP) is 0.287. The van der Waals surface area contributed by atoms with E-state index in [2.05, 4.69) is 10.1 Å². The molecule has 108 valence electrons. The molecule has 1 unspecified atom stereocenters. The summed E-state index contributed by atoms with van der Waals surface area (Å²) in [6.45, 7) is 4.40. The molecule has 2 aliphatic heterocycles. The third kappa shape index (κ3) is 3.83. The van der Waals surface area contributed by atoms with Gasteiger partial charge in [0.2, 0.25) is 5.91 Å². The summed E-state index contributed by atoms with van der Waals surface area (Å²) >= 11 is 0. The minimum absolute atomic E-state index is 0.221. The van der Waals surface area contributed by atoms with Gasteiger partial charge in [-0.15, -0.1) is 0 Å². The van der Waals surface area contributed by atoms with Gasteiger partial charge < -0.3 is 19.9 Å². The number of rotatable bonds is 2. The lowest BCUT2D eigenvalue weighted by Gasteiger charge is -2.35. The highest BCUT2D eigenvalue weighted by atomic mass is 16.5. The van der Waals surface area contributed by atoms with E-state index in [0.717, 1.165) is 25.9 Å². The first-order valence-corrected chi connectivity index (χ1v) is 7.02. The van der Waals surface area contributed by atoms with Crippen molar-refractivity contribution < 1.29 is 14.3 Å². The standard InChI is InChI=1S/C13H23N3O3/c1-19-13(18)16-7-5-15(6-8-16)12(17)9-11-3-2-4-14-10-11/h11,14H,2-10H2,1H3. The summed E-state index contributed by atoms with van der Waals surface area (Å²) in [6, 6.07) is 0. The molecule has 2 fully saturated rings. The fourth-order valence-corrected chi connectivity index (χ4v) is 2.74. The van der Waals surface area contributed by atoms with Crippen LogP contribution in [0.3, 0.4) is 0 Å². The number of ether oxygens (including phenoxy) is 1. The van der Waals surface area contributed by atoms with E-state index in [0.29, 0.717) is 38.5 Å². The Balaban J connectivity index is 1.74. The maximum absolute atomic E-state index is 12.2. The first kappa shape index (κ1) is 14.1. The average molecular weight is 269 g/mol. The normalized spacial score (nSPS) is 24.2. The molecule has 0 saturated carbocycles. The quantitative estimate of drug-likeness (QED) is 0.782. The van der Waals surface area contributed by atoms with Gasteiger partial charge in [0, 0.05) is 32.6 Å². The zero-order valence-electron chi connectivity index (χ0n) is 11.6. The molecule has 1 N–H and O–H groups in total. The van der Waals surface area contributed by atoms with Crippen LogP contribution in [0.15, 0.2) is 0 Å². The van der Waals surface area contributed by atoms with E-state index in [9.17, 15) is 9.59 Å². The van der Waals surface area contributed by atoms with Crippen molar-refractivity contribution in [1.29, 1.82) is 0 Å². The van der Waals surface area contributed by atoms with Crippen molar-refractivity contribution in [2.45, 2.75) is 19.3 Å². The van der Waals surface area contributed by atoms with E-state index in [1.54, 1.807) is 4.90 Å². The number of piperazine rings is 1. The van der Waals surface area contributed by atoms with Crippen LogP contribution in [0.25, 0.3) is 0 Å². The van der Waals surface area contributed by atoms with Gasteiger partial charge in [-0.25, -0.2) is 4.79 Å². The molecule has 0 bridgehead atoms. The Kier molecular flexibility index (Phi) is 5.01. The number of nitrogens with one attached hydrogen (secondary N) is 1. The molecule has 19 heavy (non-hydrogen) atoms. The number of piperidine rings is 1. The molecule has 2 amide bonds. The highest BCUT2D eigenvalue weighted by molar-refractivity contribution is 5.77. The summed E-state index contributed by atoms with van der Waals surface area (Å²) in [5, 5.41) is 3.33. The second-order valence-electron chi connectivity index (χ2n) is 5.25. The van der Waals surface area contributed by atoms with Gasteiger partial charge in [0.25, 0.3) is 0 Å². The largest absolute Gasteiger partial charge is 0.453 e. The Hall–Kier alpha value is -1.30. The fraction of sp³-hybridized carbons (Fsp3) is 0.846. The van der Waals surface area contributed by atoms with Crippen LogP contribution < -0.4 is 5.32 Å². The first-order valence-electron chi connectivity index (χ1n) is 7.02. The Morgan fingerprint density at radius 2 is 1.89 bits per heavy atom. The monoisotopic (exact) mass is 269 g/mol. The van der Waals surface area contributed by atoms with E-state index in [-0.39, 0.29) is 12.0 Å². The van der Waals surface area contributed by atoms with Crippen molar-refractivity contribution in [3.63, 3.8) is 0 Å². The molecule has 6 nitrogen and oxygen atoms in total. The summed E-state index contributed by atoms with van der Waals surface area (Å²) < 4.78 is 4.68. The van der Waals surface area contributed by atoms with E-state index in [1.807, 2.05) is 4.90 Å². The van der Waals surface area contributed by atoms with Crippen LogP contribution in [-0.4, -0.2) is 68.2 Å². The Morgan fingerprint density at radius 3 is 2.47 bits per heavy atom. The number of hydrogen-bond donors (Lipinski definition) is 1. The molecule has 2 saturated heterocycles. The SMILES string of the molecule is COC(=O)N1CCN(C(=O)CC2CCCNC2)CC1. The third-order valence-corrected chi connectivity index (χ3v) is 3.93. The van der Waals surface area contributed by atoms with E-state index < -0.39 is 0 Å². The predicted molar refractivity (Wildman–Crippen MR) is 70.8 cm³/mol. The van der Waals surface area contributed by atoms with Gasteiger partial charge in [-0.3, -0.25) is 4.79 Å². The Labute approximate surface area is 114 Å². The zero-order valence-corrected chi connectivity index (χ0v) is 11.6. The number of hydrogen-bond acceptors (Lipinski definition) is 4. The van der Waals surface area contributed by atoms with Crippen LogP contribution in [0.1, 0.15) is 19.3 Å². The molecule has 2 aliphatic rings. The lowest BCUT2D eigenvalue weighted by atomic mass is 9.95. The highest BCUT2D eigenvalue weighted by Gasteiger charge is 2.26. The molecule has 0 aromatic heterocycles. The second-order valence-corrected chi connectivity index (χ2v) is 5.25. The van der Waals surface area contributed by atoms with Crippen LogP contribution in [0.4, 0.5) is 4.79 Å². The van der Waals surface area contributed by atoms with Crippen molar-refractivity contribution in [3.05, 3.63) is 0 Å². The van der Waals surface area contributed by atoms with Gasteiger partial charge in [-0.1, -0.05) is 0 Å². The molecule has 0 aromatic rings. The Morgan fingerprint density at radius 1 is 1.21 bits per heavy atom. The molecule has 0 aromatic carbocycles. The maximum atomic E-state index is 12.2. The second kappa shape index (κ2) is 6.75. The van der Waals surface area contributed by atoms with Crippen LogP contribution in [0.2, 0.25) is 0 Å². The smallest absolute Gasteiger partial charge is 0.409 e. The first-order chi connectivity index (χ1) is 9.20. The summed E-state index contributed by atoms with van der Waals surface area (Å²) in [6.07, 6.45) is 2.63. The molecule has 6 heteroatoms. The van der Waals surface area contributed by atoms with E-state index in [1.165, 1.54) is 7.11 Å². The zero-order chi connectivity index (χ0) is 13.7. The summed E-state index contributed by atoms with van der Waals surface area (Å²) in [5.74, 6) is 0.693. The van der Waals surface area contributed by atoms with Crippen molar-refractivity contribution >= 4 is 12.0 Å². The number of nitrogens with zero attached hydrogens (tertiary/aromatic N) is 2. The summed E-state index contributed by atoms with van der Waals surface area (Å²) in [7, 11) is 1.38. The minimum Gasteiger partial charge on any atom is -0.453 e. The average Bonchev–Trinajstić information content (AvgIpc) is 2.47. The fourth-order valence-electron chi connectivity index (χ4n) is 2.74. The molecule has 2 heterocycles. The van der Waals surface area contributed by atoms with Gasteiger partial charge in [-0.05, 0) is 31.8 Å². The lowest BCUT2D eigenvalue weighted by Crippen LogP contribution is -2.51. The van der Waals surface area contributed by atoms with Crippen LogP contribution >= 0.6 is 0 Å². The highest BCUT2D eigenvalue weighted by Crippen LogP contribution is 2.16. The molecular weight excluding hydrogens is 246 g/mol. The third-order valence-electron chi connectivity index (χ3n) is 3.93. The maximum Gasteiger partial charge on any atom is 0.409 e. The number of methoxy groups -OCH3 is 1. The minimum atomic E-state index is -0.302. The van der Waals surface area contributed by atoms with Crippen molar-refractivity contribution in [3.8, 4) is 0 Å². The van der Waals surface area contributed by atoms with Gasteiger partial charge >= 0.3 is 6.09 Å². The topological polar surface area (TPSA) is 61.9 Å². The number of carbonyl (C=O) groups excluding carboxylic acids is 2. The Bertz CT molecular complexity index is 321.